The molecular formula is C16H21O2Si. The number of fused-ring (bicyclic) bond motifs is 1. The van der Waals surface area contributed by atoms with Crippen molar-refractivity contribution in [2.24, 2.45) is 0 Å². The average molecular weight is 273 g/mol. The van der Waals surface area contributed by atoms with Gasteiger partial charge in [-0.25, -0.2) is 0 Å². The predicted octanol–water partition coefficient (Wildman–Crippen LogP) is 4.47. The Bertz CT molecular complexity index is 597. The van der Waals surface area contributed by atoms with Gasteiger partial charge in [-0.05, 0) is 41.6 Å². The lowest BCUT2D eigenvalue weighted by atomic mass is 9.86. The average Bonchev–Trinajstić information content (AvgIpc) is 2.30. The highest BCUT2D eigenvalue weighted by atomic mass is 28.3. The fourth-order valence-electron chi connectivity index (χ4n) is 2.06. The molecule has 0 aliphatic carbocycles. The second-order valence-corrected chi connectivity index (χ2v) is 8.13. The molecule has 2 aromatic rings. The third-order valence-electron chi connectivity index (χ3n) is 3.12. The third kappa shape index (κ3) is 2.92. The van der Waals surface area contributed by atoms with E-state index in [1.807, 2.05) is 6.07 Å². The van der Waals surface area contributed by atoms with Gasteiger partial charge in [-0.3, -0.25) is 0 Å². The summed E-state index contributed by atoms with van der Waals surface area (Å²) in [7, 11) is -0.907. The van der Waals surface area contributed by atoms with Crippen LogP contribution in [-0.4, -0.2) is 14.1 Å². The second kappa shape index (κ2) is 4.89. The molecule has 0 aliphatic rings. The molecule has 19 heavy (non-hydrogen) atoms. The van der Waals surface area contributed by atoms with E-state index in [0.29, 0.717) is 5.75 Å². The minimum atomic E-state index is -0.907. The first-order chi connectivity index (χ1) is 8.79. The zero-order chi connectivity index (χ0) is 14.2. The highest BCUT2D eigenvalue weighted by Crippen LogP contribution is 2.37. The van der Waals surface area contributed by atoms with E-state index in [1.165, 1.54) is 5.56 Å². The molecule has 101 valence electrons. The third-order valence-corrected chi connectivity index (χ3v) is 3.74. The second-order valence-electron chi connectivity index (χ2n) is 6.11. The van der Waals surface area contributed by atoms with E-state index >= 15 is 0 Å². The van der Waals surface area contributed by atoms with Crippen LogP contribution in [0.3, 0.4) is 0 Å². The highest BCUT2D eigenvalue weighted by Gasteiger charge is 2.17. The quantitative estimate of drug-likeness (QED) is 0.818. The van der Waals surface area contributed by atoms with E-state index in [4.69, 9.17) is 4.43 Å². The van der Waals surface area contributed by atoms with Gasteiger partial charge in [-0.2, -0.15) is 0 Å². The van der Waals surface area contributed by atoms with Gasteiger partial charge in [0.05, 0.1) is 0 Å². The lowest BCUT2D eigenvalue weighted by molar-refractivity contribution is 0.443. The monoisotopic (exact) mass is 273 g/mol. The molecule has 0 fully saturated rings. The first-order valence-electron chi connectivity index (χ1n) is 6.53. The molecule has 0 atom stereocenters. The van der Waals surface area contributed by atoms with Crippen LogP contribution in [0.4, 0.5) is 0 Å². The van der Waals surface area contributed by atoms with E-state index in [2.05, 4.69) is 52.1 Å². The summed E-state index contributed by atoms with van der Waals surface area (Å²) in [5.74, 6) is 0.854. The van der Waals surface area contributed by atoms with Crippen molar-refractivity contribution < 1.29 is 9.53 Å². The molecule has 0 unspecified atom stereocenters. The number of aromatic hydroxyl groups is 1. The van der Waals surface area contributed by atoms with Crippen LogP contribution < -0.4 is 4.43 Å². The summed E-state index contributed by atoms with van der Waals surface area (Å²) in [6.07, 6.45) is 0. The molecule has 0 bridgehead atoms. The van der Waals surface area contributed by atoms with Crippen molar-refractivity contribution in [3.63, 3.8) is 0 Å². The number of phenols is 1. The molecule has 2 aromatic carbocycles. The van der Waals surface area contributed by atoms with Gasteiger partial charge in [0.15, 0.2) is 11.5 Å². The Balaban J connectivity index is 2.67. The summed E-state index contributed by atoms with van der Waals surface area (Å²) in [4.78, 5) is 0. The van der Waals surface area contributed by atoms with Crippen molar-refractivity contribution >= 4 is 19.8 Å². The van der Waals surface area contributed by atoms with E-state index in [0.717, 1.165) is 10.8 Å². The molecule has 0 saturated heterocycles. The number of benzene rings is 2. The topological polar surface area (TPSA) is 29.5 Å². The largest absolute Gasteiger partial charge is 0.540 e. The van der Waals surface area contributed by atoms with Crippen LogP contribution in [0.25, 0.3) is 10.8 Å². The minimum absolute atomic E-state index is 0.0864. The van der Waals surface area contributed by atoms with Crippen molar-refractivity contribution in [1.29, 1.82) is 0 Å². The predicted molar refractivity (Wildman–Crippen MR) is 82.4 cm³/mol. The molecule has 0 amide bonds. The number of hydrogen-bond acceptors (Lipinski definition) is 2. The number of phenolic OH excluding ortho intramolecular Hbond substituents is 1. The molecule has 0 aliphatic heterocycles. The fourth-order valence-corrected chi connectivity index (χ4v) is 2.68. The summed E-state index contributed by atoms with van der Waals surface area (Å²) in [5, 5.41) is 12.1. The molecule has 2 rings (SSSR count). The van der Waals surface area contributed by atoms with Crippen molar-refractivity contribution in [1.82, 2.24) is 0 Å². The Kier molecular flexibility index (Phi) is 3.59. The Morgan fingerprint density at radius 2 is 1.68 bits per heavy atom. The number of rotatable bonds is 2. The van der Waals surface area contributed by atoms with Gasteiger partial charge in [0, 0.05) is 5.39 Å². The van der Waals surface area contributed by atoms with Gasteiger partial charge in [0.1, 0.15) is 0 Å². The molecule has 3 heteroatoms. The Morgan fingerprint density at radius 1 is 1.05 bits per heavy atom. The van der Waals surface area contributed by atoms with E-state index in [-0.39, 0.29) is 11.2 Å². The van der Waals surface area contributed by atoms with Gasteiger partial charge in [0.2, 0.25) is 0 Å². The lowest BCUT2D eigenvalue weighted by Gasteiger charge is -2.21. The zero-order valence-corrected chi connectivity index (χ0v) is 13.2. The maximum absolute atomic E-state index is 10.0. The molecule has 0 spiro atoms. The summed E-state index contributed by atoms with van der Waals surface area (Å²) in [6.45, 7) is 10.7. The molecule has 0 heterocycles. The Labute approximate surface area is 116 Å². The van der Waals surface area contributed by atoms with Crippen LogP contribution in [0.2, 0.25) is 13.1 Å². The lowest BCUT2D eigenvalue weighted by Crippen LogP contribution is -2.13. The van der Waals surface area contributed by atoms with Crippen LogP contribution in [0, 0.1) is 0 Å². The summed E-state index contributed by atoms with van der Waals surface area (Å²) < 4.78 is 5.88. The smallest absolute Gasteiger partial charge is 0.274 e. The Hall–Kier alpha value is -1.48. The van der Waals surface area contributed by atoms with Crippen molar-refractivity contribution in [3.05, 3.63) is 35.9 Å². The summed E-state index contributed by atoms with van der Waals surface area (Å²) in [6, 6.07) is 10.0. The number of hydrogen-bond donors (Lipinski definition) is 1. The minimum Gasteiger partial charge on any atom is -0.540 e. The Morgan fingerprint density at radius 3 is 2.26 bits per heavy atom. The maximum atomic E-state index is 10.0. The fraction of sp³-hybridized carbons (Fsp3) is 0.375. The first kappa shape index (κ1) is 13.9. The van der Waals surface area contributed by atoms with E-state index < -0.39 is 9.04 Å². The molecule has 2 nitrogen and oxygen atoms in total. The first-order valence-corrected chi connectivity index (χ1v) is 8.94. The van der Waals surface area contributed by atoms with Crippen LogP contribution in [0.15, 0.2) is 30.3 Å². The van der Waals surface area contributed by atoms with Gasteiger partial charge < -0.3 is 9.53 Å². The van der Waals surface area contributed by atoms with Crippen LogP contribution in [-0.2, 0) is 5.41 Å². The normalized spacial score (nSPS) is 12.1. The summed E-state index contributed by atoms with van der Waals surface area (Å²) in [5.41, 5.74) is 1.33. The van der Waals surface area contributed by atoms with Crippen LogP contribution in [0.1, 0.15) is 26.3 Å². The summed E-state index contributed by atoms with van der Waals surface area (Å²) >= 11 is 0. The van der Waals surface area contributed by atoms with Crippen LogP contribution >= 0.6 is 0 Å². The SMILES string of the molecule is C[Si](C)Oc1c(O)ccc2ccc(C(C)(C)C)cc12. The van der Waals surface area contributed by atoms with Crippen molar-refractivity contribution in [2.75, 3.05) is 0 Å². The molecule has 0 aromatic heterocycles. The van der Waals surface area contributed by atoms with Crippen LogP contribution in [0.5, 0.6) is 11.5 Å². The molecule has 1 radical (unpaired) electrons. The standard InChI is InChI=1S/C16H21O2Si/c1-16(2,3)12-8-6-11-7-9-14(17)15(13(11)10-12)18-19(4)5/h6-10,17H,1-5H3. The van der Waals surface area contributed by atoms with Gasteiger partial charge in [-0.1, -0.05) is 39.0 Å². The molecule has 0 saturated carbocycles. The maximum Gasteiger partial charge on any atom is 0.274 e. The van der Waals surface area contributed by atoms with Gasteiger partial charge in [0.25, 0.3) is 9.04 Å². The molecule has 1 N–H and O–H groups in total. The van der Waals surface area contributed by atoms with Crippen molar-refractivity contribution in [2.45, 2.75) is 39.3 Å². The van der Waals surface area contributed by atoms with Crippen molar-refractivity contribution in [3.8, 4) is 11.5 Å². The highest BCUT2D eigenvalue weighted by molar-refractivity contribution is 6.49. The zero-order valence-electron chi connectivity index (χ0n) is 12.2. The molecular weight excluding hydrogens is 252 g/mol. The van der Waals surface area contributed by atoms with E-state index in [9.17, 15) is 5.11 Å². The van der Waals surface area contributed by atoms with E-state index in [1.54, 1.807) is 6.07 Å². The van der Waals surface area contributed by atoms with Gasteiger partial charge >= 0.3 is 0 Å². The van der Waals surface area contributed by atoms with Gasteiger partial charge in [-0.15, -0.1) is 0 Å².